The maximum atomic E-state index is 13.7. The Labute approximate surface area is 213 Å². The molecule has 1 saturated carbocycles. The average Bonchev–Trinajstić information content (AvgIpc) is 3.62. The summed E-state index contributed by atoms with van der Waals surface area (Å²) in [5, 5.41) is 12.1. The van der Waals surface area contributed by atoms with Gasteiger partial charge in [0.15, 0.2) is 5.78 Å². The lowest BCUT2D eigenvalue weighted by Crippen LogP contribution is -2.54. The smallest absolute Gasteiger partial charge is 0.240 e. The molecule has 0 radical (unpaired) electrons. The van der Waals surface area contributed by atoms with Gasteiger partial charge in [-0.2, -0.15) is 0 Å². The zero-order valence-electron chi connectivity index (χ0n) is 20.8. The van der Waals surface area contributed by atoms with E-state index in [1.54, 1.807) is 37.8 Å². The number of para-hydroxylation sites is 1. The third kappa shape index (κ3) is 7.05. The van der Waals surface area contributed by atoms with E-state index < -0.39 is 23.4 Å². The Kier molecular flexibility index (Phi) is 9.46. The van der Waals surface area contributed by atoms with Crippen LogP contribution in [-0.2, 0) is 20.8 Å². The molecule has 4 N–H and O–H groups in total. The largest absolute Gasteiger partial charge is 0.508 e. The molecule has 7 nitrogen and oxygen atoms in total. The first kappa shape index (κ1) is 28.3. The van der Waals surface area contributed by atoms with E-state index in [2.05, 4.69) is 5.32 Å². The van der Waals surface area contributed by atoms with Crippen LogP contribution >= 0.6 is 12.4 Å². The van der Waals surface area contributed by atoms with E-state index in [-0.39, 0.29) is 36.3 Å². The molecular weight excluding hydrogens is 466 g/mol. The van der Waals surface area contributed by atoms with Gasteiger partial charge in [-0.25, -0.2) is 0 Å². The molecule has 2 atom stereocenters. The molecule has 2 aromatic rings. The Balaban J connectivity index is 0.00000432. The van der Waals surface area contributed by atoms with Crippen molar-refractivity contribution in [3.8, 4) is 5.75 Å². The number of rotatable bonds is 10. The molecule has 3 rings (SSSR count). The summed E-state index contributed by atoms with van der Waals surface area (Å²) in [4.78, 5) is 41.4. The van der Waals surface area contributed by atoms with Gasteiger partial charge in [0.1, 0.15) is 11.2 Å². The van der Waals surface area contributed by atoms with Gasteiger partial charge >= 0.3 is 0 Å². The minimum atomic E-state index is -1.33. The molecule has 0 heterocycles. The number of nitrogens with two attached hydrogens (primary N) is 1. The van der Waals surface area contributed by atoms with Gasteiger partial charge in [-0.3, -0.25) is 14.4 Å². The number of aryl methyl sites for hydroxylation is 1. The molecule has 0 aromatic heterocycles. The van der Waals surface area contributed by atoms with Gasteiger partial charge in [-0.05, 0) is 82.2 Å². The fraction of sp³-hybridized carbons (Fsp3) is 0.444. The Morgan fingerprint density at radius 2 is 1.71 bits per heavy atom. The van der Waals surface area contributed by atoms with Crippen molar-refractivity contribution >= 4 is 35.7 Å². The number of halogens is 1. The van der Waals surface area contributed by atoms with E-state index in [4.69, 9.17) is 5.73 Å². The maximum absolute atomic E-state index is 13.7. The lowest BCUT2D eigenvalue weighted by atomic mass is 9.82. The summed E-state index contributed by atoms with van der Waals surface area (Å²) >= 11 is 0. The molecule has 2 aromatic carbocycles. The van der Waals surface area contributed by atoms with Crippen molar-refractivity contribution in [2.45, 2.75) is 59.0 Å². The average molecular weight is 502 g/mol. The summed E-state index contributed by atoms with van der Waals surface area (Å²) in [7, 11) is 0. The Morgan fingerprint density at radius 3 is 2.29 bits per heavy atom. The molecule has 35 heavy (non-hydrogen) atoms. The van der Waals surface area contributed by atoms with E-state index in [0.717, 1.165) is 29.7 Å². The molecule has 8 heteroatoms. The number of amides is 2. The van der Waals surface area contributed by atoms with Crippen molar-refractivity contribution in [1.82, 2.24) is 5.32 Å². The van der Waals surface area contributed by atoms with Crippen LogP contribution < -0.4 is 16.0 Å². The predicted octanol–water partition coefficient (Wildman–Crippen LogP) is 3.54. The SMILES string of the molecule is Cc1ccccc1N(CC1CC1)C(=O)C(C)(C)C(=O)[C@H](C)NC(=O)[C@@H](N)Cc1ccc(O)cc1.Cl. The van der Waals surface area contributed by atoms with E-state index in [0.29, 0.717) is 12.5 Å². The second-order valence-corrected chi connectivity index (χ2v) is 9.84. The number of carbonyl (C=O) groups is 3. The number of phenols is 1. The van der Waals surface area contributed by atoms with Crippen molar-refractivity contribution in [3.05, 3.63) is 59.7 Å². The van der Waals surface area contributed by atoms with Crippen LogP contribution in [0.2, 0.25) is 0 Å². The van der Waals surface area contributed by atoms with Crippen LogP contribution in [-0.4, -0.2) is 41.3 Å². The van der Waals surface area contributed by atoms with E-state index >= 15 is 0 Å². The van der Waals surface area contributed by atoms with Crippen molar-refractivity contribution in [2.24, 2.45) is 17.1 Å². The number of nitrogens with zero attached hydrogens (tertiary/aromatic N) is 1. The van der Waals surface area contributed by atoms with E-state index in [1.165, 1.54) is 12.1 Å². The first-order valence-corrected chi connectivity index (χ1v) is 11.8. The standard InChI is InChI=1S/C27H35N3O4.ClH/c1-17-7-5-6-8-23(17)30(16-20-9-10-20)26(34)27(3,4)24(32)18(2)29-25(33)22(28)15-19-11-13-21(31)14-12-19;/h5-8,11-14,18,20,22,31H,9-10,15-16,28H2,1-4H3,(H,29,33);1H/t18-,22-;/m0./s1. The molecule has 1 aliphatic carbocycles. The van der Waals surface area contributed by atoms with Crippen LogP contribution in [0.4, 0.5) is 5.69 Å². The normalized spacial score (nSPS) is 14.9. The third-order valence-electron chi connectivity index (χ3n) is 6.42. The van der Waals surface area contributed by atoms with Gasteiger partial charge in [-0.1, -0.05) is 30.3 Å². The topological polar surface area (TPSA) is 113 Å². The first-order valence-electron chi connectivity index (χ1n) is 11.8. The Bertz CT molecular complexity index is 1050. The number of nitrogens with one attached hydrogen (secondary N) is 1. The van der Waals surface area contributed by atoms with Gasteiger partial charge in [0, 0.05) is 12.2 Å². The molecule has 2 amide bonds. The Morgan fingerprint density at radius 1 is 1.11 bits per heavy atom. The number of Topliss-reactive ketones (excluding diaryl/α,β-unsaturated/α-hetero) is 1. The fourth-order valence-corrected chi connectivity index (χ4v) is 4.06. The fourth-order valence-electron chi connectivity index (χ4n) is 4.06. The van der Waals surface area contributed by atoms with Crippen LogP contribution in [0.5, 0.6) is 5.75 Å². The number of carbonyl (C=O) groups excluding carboxylic acids is 3. The Hall–Kier alpha value is -2.90. The third-order valence-corrected chi connectivity index (χ3v) is 6.42. The number of hydrogen-bond donors (Lipinski definition) is 3. The lowest BCUT2D eigenvalue weighted by Gasteiger charge is -2.33. The lowest BCUT2D eigenvalue weighted by molar-refractivity contribution is -0.141. The zero-order chi connectivity index (χ0) is 25.0. The number of benzene rings is 2. The van der Waals surface area contributed by atoms with Gasteiger partial charge in [0.25, 0.3) is 0 Å². The number of hydrogen-bond acceptors (Lipinski definition) is 5. The molecule has 0 bridgehead atoms. The number of ketones is 1. The molecule has 0 spiro atoms. The van der Waals surface area contributed by atoms with Crippen molar-refractivity contribution < 1.29 is 19.5 Å². The number of anilines is 1. The van der Waals surface area contributed by atoms with Crippen LogP contribution in [0, 0.1) is 18.3 Å². The van der Waals surface area contributed by atoms with Crippen molar-refractivity contribution in [1.29, 1.82) is 0 Å². The highest BCUT2D eigenvalue weighted by Gasteiger charge is 2.43. The van der Waals surface area contributed by atoms with Crippen LogP contribution in [0.3, 0.4) is 0 Å². The first-order chi connectivity index (χ1) is 16.0. The minimum absolute atomic E-state index is 0. The molecule has 1 fully saturated rings. The molecule has 0 unspecified atom stereocenters. The summed E-state index contributed by atoms with van der Waals surface area (Å²) in [5.74, 6) is -0.519. The quantitative estimate of drug-likeness (QED) is 0.431. The van der Waals surface area contributed by atoms with Gasteiger partial charge in [0.05, 0.1) is 12.1 Å². The second-order valence-electron chi connectivity index (χ2n) is 9.84. The summed E-state index contributed by atoms with van der Waals surface area (Å²) in [6.07, 6.45) is 2.42. The van der Waals surface area contributed by atoms with Gasteiger partial charge < -0.3 is 21.1 Å². The number of aromatic hydroxyl groups is 1. The summed E-state index contributed by atoms with van der Waals surface area (Å²) in [6, 6.07) is 12.4. The molecule has 0 aliphatic heterocycles. The van der Waals surface area contributed by atoms with Crippen molar-refractivity contribution in [2.75, 3.05) is 11.4 Å². The summed E-state index contributed by atoms with van der Waals surface area (Å²) in [6.45, 7) is 7.36. The van der Waals surface area contributed by atoms with E-state index in [9.17, 15) is 19.5 Å². The highest BCUT2D eigenvalue weighted by Crippen LogP contribution is 2.35. The molecular formula is C27H36ClN3O4. The molecule has 1 aliphatic rings. The van der Waals surface area contributed by atoms with Crippen LogP contribution in [0.1, 0.15) is 44.7 Å². The molecule has 190 valence electrons. The van der Waals surface area contributed by atoms with Crippen LogP contribution in [0.15, 0.2) is 48.5 Å². The van der Waals surface area contributed by atoms with Gasteiger partial charge in [0.2, 0.25) is 11.8 Å². The second kappa shape index (κ2) is 11.7. The summed E-state index contributed by atoms with van der Waals surface area (Å²) < 4.78 is 0. The van der Waals surface area contributed by atoms with Crippen molar-refractivity contribution in [3.63, 3.8) is 0 Å². The molecule has 0 saturated heterocycles. The zero-order valence-corrected chi connectivity index (χ0v) is 21.6. The van der Waals surface area contributed by atoms with E-state index in [1.807, 2.05) is 31.2 Å². The predicted molar refractivity (Wildman–Crippen MR) is 140 cm³/mol. The minimum Gasteiger partial charge on any atom is -0.508 e. The highest BCUT2D eigenvalue weighted by molar-refractivity contribution is 6.14. The monoisotopic (exact) mass is 501 g/mol. The highest BCUT2D eigenvalue weighted by atomic mass is 35.5. The summed E-state index contributed by atoms with van der Waals surface area (Å²) in [5.41, 5.74) is 7.30. The maximum Gasteiger partial charge on any atom is 0.240 e. The van der Waals surface area contributed by atoms with Gasteiger partial charge in [-0.15, -0.1) is 12.4 Å². The van der Waals surface area contributed by atoms with Crippen LogP contribution in [0.25, 0.3) is 0 Å². The number of phenolic OH excluding ortho intramolecular Hbond substituents is 1.